The number of aryl methyl sites for hydroxylation is 1. The molecule has 1 amide bonds. The fraction of sp³-hybridized carbons (Fsp3) is 0.208. The van der Waals surface area contributed by atoms with E-state index in [9.17, 15) is 18.0 Å². The summed E-state index contributed by atoms with van der Waals surface area (Å²) in [6.45, 7) is 1.72. The van der Waals surface area contributed by atoms with E-state index in [0.717, 1.165) is 43.6 Å². The van der Waals surface area contributed by atoms with Crippen LogP contribution in [0.15, 0.2) is 72.8 Å². The van der Waals surface area contributed by atoms with Gasteiger partial charge >= 0.3 is 6.18 Å². The third-order valence-corrected chi connectivity index (χ3v) is 5.24. The summed E-state index contributed by atoms with van der Waals surface area (Å²) in [4.78, 5) is 14.8. The maximum Gasteiger partial charge on any atom is 0.416 e. The first kappa shape index (κ1) is 20.0. The number of nitrogens with zero attached hydrogens (tertiary/aromatic N) is 1. The van der Waals surface area contributed by atoms with Gasteiger partial charge in [-0.05, 0) is 60.4 Å². The summed E-state index contributed by atoms with van der Waals surface area (Å²) in [6, 6.07) is 20.2. The summed E-state index contributed by atoms with van der Waals surface area (Å²) in [7, 11) is 0. The number of amides is 1. The average molecular weight is 410 g/mol. The topological polar surface area (TPSA) is 32.3 Å². The van der Waals surface area contributed by atoms with Crippen LogP contribution in [0.5, 0.6) is 0 Å². The second kappa shape index (κ2) is 8.22. The third kappa shape index (κ3) is 4.48. The molecular weight excluding hydrogens is 389 g/mol. The van der Waals surface area contributed by atoms with Crippen LogP contribution in [0.2, 0.25) is 0 Å². The molecule has 0 saturated carbocycles. The van der Waals surface area contributed by atoms with Crippen LogP contribution in [-0.2, 0) is 19.1 Å². The minimum absolute atomic E-state index is 0.115. The van der Waals surface area contributed by atoms with Gasteiger partial charge in [0.05, 0.1) is 5.56 Å². The number of rotatable bonds is 4. The minimum Gasteiger partial charge on any atom is -0.367 e. The molecule has 0 spiro atoms. The van der Waals surface area contributed by atoms with Crippen LogP contribution < -0.4 is 10.2 Å². The van der Waals surface area contributed by atoms with Gasteiger partial charge in [-0.2, -0.15) is 13.2 Å². The molecule has 1 N–H and O–H groups in total. The molecule has 1 heterocycles. The van der Waals surface area contributed by atoms with Crippen molar-refractivity contribution in [3.63, 3.8) is 0 Å². The summed E-state index contributed by atoms with van der Waals surface area (Å²) in [6.07, 6.45) is -2.26. The first-order chi connectivity index (χ1) is 14.4. The Balaban J connectivity index is 1.43. The lowest BCUT2D eigenvalue weighted by atomic mass is 10.0. The van der Waals surface area contributed by atoms with Gasteiger partial charge in [0.25, 0.3) is 5.91 Å². The number of anilines is 2. The molecule has 0 radical (unpaired) electrons. The Morgan fingerprint density at radius 2 is 1.73 bits per heavy atom. The lowest BCUT2D eigenvalue weighted by Crippen LogP contribution is -2.28. The summed E-state index contributed by atoms with van der Waals surface area (Å²) < 4.78 is 38.5. The van der Waals surface area contributed by atoms with Gasteiger partial charge in [-0.15, -0.1) is 0 Å². The Hall–Kier alpha value is -3.28. The van der Waals surface area contributed by atoms with Crippen molar-refractivity contribution in [3.05, 3.63) is 95.1 Å². The number of hydrogen-bond acceptors (Lipinski definition) is 2. The van der Waals surface area contributed by atoms with Crippen molar-refractivity contribution < 1.29 is 18.0 Å². The number of carbonyl (C=O) groups is 1. The van der Waals surface area contributed by atoms with Crippen molar-refractivity contribution in [3.8, 4) is 0 Å². The van der Waals surface area contributed by atoms with Crippen LogP contribution in [0.4, 0.5) is 24.5 Å². The van der Waals surface area contributed by atoms with E-state index in [-0.39, 0.29) is 5.69 Å². The summed E-state index contributed by atoms with van der Waals surface area (Å²) in [5.41, 5.74) is 3.38. The molecular formula is C24H21F3N2O. The predicted octanol–water partition coefficient (Wildman–Crippen LogP) is 5.91. The van der Waals surface area contributed by atoms with Crippen molar-refractivity contribution in [1.82, 2.24) is 0 Å². The van der Waals surface area contributed by atoms with Crippen molar-refractivity contribution in [2.75, 3.05) is 16.8 Å². The molecule has 3 aromatic rings. The second-order valence-electron chi connectivity index (χ2n) is 7.38. The first-order valence-electron chi connectivity index (χ1n) is 9.80. The van der Waals surface area contributed by atoms with Gasteiger partial charge in [0.2, 0.25) is 0 Å². The summed E-state index contributed by atoms with van der Waals surface area (Å²) in [5, 5.41) is 2.54. The van der Waals surface area contributed by atoms with E-state index in [2.05, 4.69) is 28.4 Å². The van der Waals surface area contributed by atoms with E-state index in [4.69, 9.17) is 0 Å². The summed E-state index contributed by atoms with van der Waals surface area (Å²) >= 11 is 0. The highest BCUT2D eigenvalue weighted by Crippen LogP contribution is 2.31. The molecule has 6 heteroatoms. The maximum atomic E-state index is 12.8. The number of halogens is 3. The largest absolute Gasteiger partial charge is 0.416 e. The zero-order valence-corrected chi connectivity index (χ0v) is 16.2. The molecule has 0 unspecified atom stereocenters. The van der Waals surface area contributed by atoms with E-state index < -0.39 is 17.6 Å². The molecule has 154 valence electrons. The lowest BCUT2D eigenvalue weighted by Gasteiger charge is -2.31. The fourth-order valence-electron chi connectivity index (χ4n) is 3.73. The quantitative estimate of drug-likeness (QED) is 0.580. The Bertz CT molecular complexity index is 1040. The molecule has 0 aliphatic carbocycles. The first-order valence-corrected chi connectivity index (χ1v) is 9.80. The minimum atomic E-state index is -4.45. The van der Waals surface area contributed by atoms with Gasteiger partial charge in [-0.3, -0.25) is 4.79 Å². The second-order valence-corrected chi connectivity index (χ2v) is 7.38. The highest BCUT2D eigenvalue weighted by Gasteiger charge is 2.30. The molecule has 4 rings (SSSR count). The molecule has 0 fully saturated rings. The number of fused-ring (bicyclic) bond motifs is 1. The lowest BCUT2D eigenvalue weighted by molar-refractivity contribution is -0.137. The number of nitrogens with one attached hydrogen (secondary N) is 1. The smallest absolute Gasteiger partial charge is 0.367 e. The Morgan fingerprint density at radius 1 is 0.967 bits per heavy atom. The van der Waals surface area contributed by atoms with Gasteiger partial charge in [0.15, 0.2) is 0 Å². The number of benzene rings is 3. The molecule has 3 nitrogen and oxygen atoms in total. The fourth-order valence-corrected chi connectivity index (χ4v) is 3.73. The molecule has 1 aliphatic heterocycles. The molecule has 0 aromatic heterocycles. The van der Waals surface area contributed by atoms with Crippen LogP contribution in [-0.4, -0.2) is 12.5 Å². The maximum absolute atomic E-state index is 12.8. The zero-order chi connectivity index (χ0) is 21.1. The Morgan fingerprint density at radius 3 is 2.50 bits per heavy atom. The van der Waals surface area contributed by atoms with Crippen LogP contribution in [0, 0.1) is 0 Å². The molecule has 1 aliphatic rings. The predicted molar refractivity (Wildman–Crippen MR) is 112 cm³/mol. The Labute approximate surface area is 173 Å². The van der Waals surface area contributed by atoms with Crippen molar-refractivity contribution in [2.45, 2.75) is 25.6 Å². The van der Waals surface area contributed by atoms with Gasteiger partial charge in [0.1, 0.15) is 0 Å². The van der Waals surface area contributed by atoms with Crippen molar-refractivity contribution >= 4 is 17.3 Å². The number of alkyl halides is 3. The molecule has 0 bridgehead atoms. The van der Waals surface area contributed by atoms with E-state index in [0.29, 0.717) is 5.56 Å². The highest BCUT2D eigenvalue weighted by atomic mass is 19.4. The zero-order valence-electron chi connectivity index (χ0n) is 16.2. The molecule has 3 aromatic carbocycles. The molecule has 0 atom stereocenters. The highest BCUT2D eigenvalue weighted by molar-refractivity contribution is 6.04. The summed E-state index contributed by atoms with van der Waals surface area (Å²) in [5.74, 6) is -0.441. The van der Waals surface area contributed by atoms with Crippen LogP contribution in [0.25, 0.3) is 0 Å². The molecule has 0 saturated heterocycles. The van der Waals surface area contributed by atoms with E-state index >= 15 is 0 Å². The van der Waals surface area contributed by atoms with Crippen molar-refractivity contribution in [2.24, 2.45) is 0 Å². The van der Waals surface area contributed by atoms with E-state index in [1.54, 1.807) is 12.1 Å². The van der Waals surface area contributed by atoms with Gasteiger partial charge < -0.3 is 10.2 Å². The van der Waals surface area contributed by atoms with Crippen LogP contribution in [0.3, 0.4) is 0 Å². The number of hydrogen-bond donors (Lipinski definition) is 1. The third-order valence-electron chi connectivity index (χ3n) is 5.24. The van der Waals surface area contributed by atoms with Gasteiger partial charge in [0, 0.05) is 30.0 Å². The Kier molecular flexibility index (Phi) is 5.48. The van der Waals surface area contributed by atoms with Crippen molar-refractivity contribution in [1.29, 1.82) is 0 Å². The van der Waals surface area contributed by atoms with Crippen LogP contribution in [0.1, 0.15) is 33.5 Å². The SMILES string of the molecule is O=C(Nc1cccc(C(F)(F)F)c1)c1ccc(CN2CCCc3ccccc32)cc1. The van der Waals surface area contributed by atoms with Crippen LogP contribution >= 0.6 is 0 Å². The standard InChI is InChI=1S/C24H21F3N2O/c25-24(26,27)20-7-3-8-21(15-20)28-23(30)19-12-10-17(11-13-19)16-29-14-4-6-18-5-1-2-9-22(18)29/h1-3,5,7-13,15H,4,6,14,16H2,(H,28,30). The van der Waals surface area contributed by atoms with Gasteiger partial charge in [-0.1, -0.05) is 36.4 Å². The molecule has 30 heavy (non-hydrogen) atoms. The van der Waals surface area contributed by atoms with Gasteiger partial charge in [-0.25, -0.2) is 0 Å². The van der Waals surface area contributed by atoms with E-state index in [1.807, 2.05) is 18.2 Å². The normalized spacial score (nSPS) is 13.6. The monoisotopic (exact) mass is 410 g/mol. The van der Waals surface area contributed by atoms with E-state index in [1.165, 1.54) is 23.4 Å². The number of carbonyl (C=O) groups excluding carboxylic acids is 1. The average Bonchev–Trinajstić information content (AvgIpc) is 2.74. The number of para-hydroxylation sites is 1.